The number of likely N-dealkylation sites (tertiary alicyclic amines) is 1. The van der Waals surface area contributed by atoms with Crippen LogP contribution in [0.15, 0.2) is 34.9 Å². The molecule has 0 unspecified atom stereocenters. The number of thiazole rings is 1. The highest BCUT2D eigenvalue weighted by Crippen LogP contribution is 2.36. The molecule has 0 radical (unpaired) electrons. The van der Waals surface area contributed by atoms with Crippen LogP contribution < -0.4 is 0 Å². The number of piperidine rings is 1. The highest BCUT2D eigenvalue weighted by molar-refractivity contribution is 7.18. The van der Waals surface area contributed by atoms with Crippen LogP contribution in [0.25, 0.3) is 10.2 Å². The number of hydrogen-bond acceptors (Lipinski definition) is 5. The van der Waals surface area contributed by atoms with Gasteiger partial charge in [-0.05, 0) is 38.4 Å². The van der Waals surface area contributed by atoms with Crippen LogP contribution in [0.1, 0.15) is 41.8 Å². The number of aromatic nitrogens is 2. The lowest BCUT2D eigenvalue weighted by Crippen LogP contribution is -2.32. The molecule has 1 aliphatic heterocycles. The van der Waals surface area contributed by atoms with Crippen molar-refractivity contribution < 1.29 is 4.52 Å². The molecule has 114 valence electrons. The van der Waals surface area contributed by atoms with Crippen LogP contribution in [0.2, 0.25) is 0 Å². The minimum absolute atomic E-state index is 0.400. The summed E-state index contributed by atoms with van der Waals surface area (Å²) in [4.78, 5) is 7.35. The second-order valence-corrected chi connectivity index (χ2v) is 7.00. The summed E-state index contributed by atoms with van der Waals surface area (Å²) in [6.07, 6.45) is 3.69. The Bertz CT molecular complexity index is 746. The van der Waals surface area contributed by atoms with Crippen molar-refractivity contribution in [1.29, 1.82) is 0 Å². The van der Waals surface area contributed by atoms with E-state index in [4.69, 9.17) is 9.51 Å². The predicted molar refractivity (Wildman–Crippen MR) is 87.9 cm³/mol. The number of nitrogens with zero attached hydrogens (tertiary/aromatic N) is 3. The van der Waals surface area contributed by atoms with Gasteiger partial charge in [0.05, 0.1) is 28.5 Å². The van der Waals surface area contributed by atoms with Crippen LogP contribution in [0, 0.1) is 6.92 Å². The molecule has 4 rings (SSSR count). The topological polar surface area (TPSA) is 42.2 Å². The minimum atomic E-state index is 0.400. The van der Waals surface area contributed by atoms with Gasteiger partial charge in [0.25, 0.3) is 0 Å². The third kappa shape index (κ3) is 2.66. The first kappa shape index (κ1) is 13.9. The van der Waals surface area contributed by atoms with E-state index in [0.29, 0.717) is 6.04 Å². The Labute approximate surface area is 133 Å². The first-order valence-corrected chi connectivity index (χ1v) is 8.63. The van der Waals surface area contributed by atoms with Crippen LogP contribution in [-0.2, 0) is 6.54 Å². The number of para-hydroxylation sites is 1. The van der Waals surface area contributed by atoms with E-state index in [9.17, 15) is 0 Å². The average molecular weight is 313 g/mol. The van der Waals surface area contributed by atoms with E-state index in [1.54, 1.807) is 0 Å². The zero-order valence-corrected chi connectivity index (χ0v) is 13.5. The van der Waals surface area contributed by atoms with Crippen LogP contribution in [-0.4, -0.2) is 21.6 Å². The van der Waals surface area contributed by atoms with Crippen molar-refractivity contribution in [2.45, 2.75) is 38.8 Å². The lowest BCUT2D eigenvalue weighted by Gasteiger charge is -2.33. The third-order valence-electron chi connectivity index (χ3n) is 4.24. The molecular weight excluding hydrogens is 294 g/mol. The molecule has 1 aliphatic rings. The normalized spacial score (nSPS) is 19.8. The lowest BCUT2D eigenvalue weighted by molar-refractivity contribution is 0.126. The highest BCUT2D eigenvalue weighted by atomic mass is 32.1. The van der Waals surface area contributed by atoms with E-state index in [2.05, 4.69) is 34.3 Å². The van der Waals surface area contributed by atoms with Crippen molar-refractivity contribution in [1.82, 2.24) is 15.0 Å². The molecule has 1 aromatic carbocycles. The van der Waals surface area contributed by atoms with E-state index in [1.165, 1.54) is 29.0 Å². The molecule has 0 bridgehead atoms. The summed E-state index contributed by atoms with van der Waals surface area (Å²) >= 11 is 1.82. The number of benzene rings is 1. The second-order valence-electron chi connectivity index (χ2n) is 5.94. The smallest absolute Gasteiger partial charge is 0.150 e. The molecule has 22 heavy (non-hydrogen) atoms. The summed E-state index contributed by atoms with van der Waals surface area (Å²) < 4.78 is 6.68. The number of fused-ring (bicyclic) bond motifs is 1. The molecule has 2 aromatic heterocycles. The molecule has 5 heteroatoms. The Morgan fingerprint density at radius 2 is 2.23 bits per heavy atom. The Hall–Kier alpha value is -1.72. The summed E-state index contributed by atoms with van der Waals surface area (Å²) in [5.41, 5.74) is 2.06. The van der Waals surface area contributed by atoms with Gasteiger partial charge in [0.15, 0.2) is 5.76 Å². The maximum Gasteiger partial charge on any atom is 0.150 e. The average Bonchev–Trinajstić information content (AvgIpc) is 3.14. The second kappa shape index (κ2) is 5.82. The van der Waals surface area contributed by atoms with E-state index < -0.39 is 0 Å². The van der Waals surface area contributed by atoms with Crippen molar-refractivity contribution in [2.24, 2.45) is 0 Å². The molecule has 0 N–H and O–H groups in total. The van der Waals surface area contributed by atoms with E-state index in [0.717, 1.165) is 30.1 Å². The summed E-state index contributed by atoms with van der Waals surface area (Å²) in [6.45, 7) is 3.88. The van der Waals surface area contributed by atoms with Gasteiger partial charge in [0, 0.05) is 6.07 Å². The van der Waals surface area contributed by atoms with Gasteiger partial charge in [0.1, 0.15) is 5.01 Å². The van der Waals surface area contributed by atoms with E-state index in [1.807, 2.05) is 24.3 Å². The fourth-order valence-corrected chi connectivity index (χ4v) is 4.32. The minimum Gasteiger partial charge on any atom is -0.360 e. The van der Waals surface area contributed by atoms with Gasteiger partial charge in [-0.25, -0.2) is 4.98 Å². The largest absolute Gasteiger partial charge is 0.360 e. The molecule has 3 aromatic rings. The van der Waals surface area contributed by atoms with E-state index >= 15 is 0 Å². The van der Waals surface area contributed by atoms with Crippen molar-refractivity contribution in [3.05, 3.63) is 46.8 Å². The Kier molecular flexibility index (Phi) is 3.68. The van der Waals surface area contributed by atoms with Crippen LogP contribution >= 0.6 is 11.3 Å². The van der Waals surface area contributed by atoms with Gasteiger partial charge in [-0.15, -0.1) is 11.3 Å². The van der Waals surface area contributed by atoms with Gasteiger partial charge >= 0.3 is 0 Å². The summed E-state index contributed by atoms with van der Waals surface area (Å²) in [7, 11) is 0. The predicted octanol–water partition coefficient (Wildman–Crippen LogP) is 4.32. The van der Waals surface area contributed by atoms with Crippen LogP contribution in [0.3, 0.4) is 0 Å². The molecule has 3 heterocycles. The van der Waals surface area contributed by atoms with Crippen molar-refractivity contribution in [3.8, 4) is 0 Å². The number of rotatable bonds is 3. The monoisotopic (exact) mass is 313 g/mol. The van der Waals surface area contributed by atoms with Crippen LogP contribution in [0.4, 0.5) is 0 Å². The van der Waals surface area contributed by atoms with Gasteiger partial charge in [-0.3, -0.25) is 4.90 Å². The molecule has 1 fully saturated rings. The Morgan fingerprint density at radius 1 is 1.32 bits per heavy atom. The molecule has 0 aliphatic carbocycles. The highest BCUT2D eigenvalue weighted by Gasteiger charge is 2.27. The van der Waals surface area contributed by atoms with Gasteiger partial charge < -0.3 is 4.52 Å². The zero-order chi connectivity index (χ0) is 14.9. The number of aryl methyl sites for hydroxylation is 1. The molecule has 0 spiro atoms. The number of hydrogen-bond donors (Lipinski definition) is 0. The molecular formula is C17H19N3OS. The van der Waals surface area contributed by atoms with E-state index in [-0.39, 0.29) is 0 Å². The van der Waals surface area contributed by atoms with Gasteiger partial charge in [-0.1, -0.05) is 23.7 Å². The van der Waals surface area contributed by atoms with Crippen molar-refractivity contribution >= 4 is 21.6 Å². The first-order chi connectivity index (χ1) is 10.8. The maximum atomic E-state index is 5.40. The van der Waals surface area contributed by atoms with Gasteiger partial charge in [0.2, 0.25) is 0 Å². The van der Waals surface area contributed by atoms with Crippen LogP contribution in [0.5, 0.6) is 0 Å². The van der Waals surface area contributed by atoms with Crippen molar-refractivity contribution in [2.75, 3.05) is 6.54 Å². The summed E-state index contributed by atoms with van der Waals surface area (Å²) in [5.74, 6) is 0.950. The summed E-state index contributed by atoms with van der Waals surface area (Å²) in [6, 6.07) is 10.8. The standard InChI is InChI=1S/C17H19N3OS/c1-12-10-13(21-19-12)11-20-9-5-4-7-15(20)17-18-14-6-2-3-8-16(14)22-17/h2-3,6,8,10,15H,4-5,7,9,11H2,1H3/t15-/m1/s1. The molecule has 0 saturated carbocycles. The SMILES string of the molecule is Cc1cc(CN2CCCC[C@@H]2c2nc3ccccc3s2)on1. The quantitative estimate of drug-likeness (QED) is 0.722. The Balaban J connectivity index is 1.62. The molecule has 4 nitrogen and oxygen atoms in total. The molecule has 1 atom stereocenters. The summed E-state index contributed by atoms with van der Waals surface area (Å²) in [5, 5.41) is 5.23. The molecule has 0 amide bonds. The first-order valence-electron chi connectivity index (χ1n) is 7.81. The third-order valence-corrected chi connectivity index (χ3v) is 5.38. The maximum absolute atomic E-state index is 5.40. The lowest BCUT2D eigenvalue weighted by atomic mass is 10.0. The van der Waals surface area contributed by atoms with Gasteiger partial charge in [-0.2, -0.15) is 0 Å². The molecule has 1 saturated heterocycles. The Morgan fingerprint density at radius 3 is 3.05 bits per heavy atom. The van der Waals surface area contributed by atoms with Crippen molar-refractivity contribution in [3.63, 3.8) is 0 Å². The zero-order valence-electron chi connectivity index (χ0n) is 12.7. The fourth-order valence-electron chi connectivity index (χ4n) is 3.18. The fraction of sp³-hybridized carbons (Fsp3) is 0.412.